The molecule has 7 heteroatoms. The van der Waals surface area contributed by atoms with Crippen LogP contribution >= 0.6 is 0 Å². The lowest BCUT2D eigenvalue weighted by Gasteiger charge is -2.39. The van der Waals surface area contributed by atoms with E-state index in [0.717, 1.165) is 49.4 Å². The van der Waals surface area contributed by atoms with E-state index in [4.69, 9.17) is 18.9 Å². The standard InChI is InChI=1S/C29H39NO6/c1-6-29(32,12-7-10-27(2,3)4)26(31)36-25-23(33-5)17-28-11-8-13-30(28)14-9-19-15-21-22(35-18-34-21)16-20(19)24(25)28/h7,10,15-17,24-25,32H,6,8-9,11-14,18H2,1-5H3/b10-7+/t24-,25-,28+,29+/m1/s1. The Balaban J connectivity index is 1.52. The summed E-state index contributed by atoms with van der Waals surface area (Å²) in [6.45, 7) is 10.2. The smallest absolute Gasteiger partial charge is 0.339 e. The number of ether oxygens (including phenoxy) is 4. The summed E-state index contributed by atoms with van der Waals surface area (Å²) in [6, 6.07) is 4.15. The third-order valence-corrected chi connectivity index (χ3v) is 8.24. The number of nitrogens with zero attached hydrogens (tertiary/aromatic N) is 1. The molecule has 0 bridgehead atoms. The molecule has 0 aromatic heterocycles. The molecule has 1 saturated heterocycles. The average Bonchev–Trinajstić information content (AvgIpc) is 3.51. The van der Waals surface area contributed by atoms with E-state index in [1.807, 2.05) is 19.1 Å². The zero-order valence-corrected chi connectivity index (χ0v) is 22.1. The minimum atomic E-state index is -1.60. The molecule has 1 aliphatic carbocycles. The van der Waals surface area contributed by atoms with Crippen LogP contribution < -0.4 is 9.47 Å². The summed E-state index contributed by atoms with van der Waals surface area (Å²) in [4.78, 5) is 16.1. The van der Waals surface area contributed by atoms with Gasteiger partial charge >= 0.3 is 5.97 Å². The lowest BCUT2D eigenvalue weighted by atomic mass is 9.77. The van der Waals surface area contributed by atoms with E-state index >= 15 is 0 Å². The van der Waals surface area contributed by atoms with Gasteiger partial charge in [0, 0.05) is 13.0 Å². The number of fused-ring (bicyclic) bond motifs is 3. The topological polar surface area (TPSA) is 77.5 Å². The first-order valence-corrected chi connectivity index (χ1v) is 13.2. The molecule has 4 aliphatic rings. The second kappa shape index (κ2) is 9.10. The Labute approximate surface area is 214 Å². The van der Waals surface area contributed by atoms with Gasteiger partial charge in [0.05, 0.1) is 18.6 Å². The van der Waals surface area contributed by atoms with Crippen molar-refractivity contribution >= 4 is 5.97 Å². The molecule has 1 aromatic rings. The van der Waals surface area contributed by atoms with Gasteiger partial charge in [-0.05, 0) is 67.0 Å². The molecule has 196 valence electrons. The Morgan fingerprint density at radius 3 is 2.69 bits per heavy atom. The Kier molecular flexibility index (Phi) is 6.36. The van der Waals surface area contributed by atoms with Gasteiger partial charge in [-0.1, -0.05) is 39.8 Å². The summed E-state index contributed by atoms with van der Waals surface area (Å²) in [5, 5.41) is 11.3. The quantitative estimate of drug-likeness (QED) is 0.459. The van der Waals surface area contributed by atoms with Crippen LogP contribution in [0.4, 0.5) is 0 Å². The minimum absolute atomic E-state index is 0.0373. The zero-order chi connectivity index (χ0) is 25.7. The van der Waals surface area contributed by atoms with E-state index in [1.165, 1.54) is 5.56 Å². The van der Waals surface area contributed by atoms with Crippen molar-refractivity contribution in [1.29, 1.82) is 0 Å². The molecule has 0 saturated carbocycles. The fraction of sp³-hybridized carbons (Fsp3) is 0.621. The van der Waals surface area contributed by atoms with Crippen molar-refractivity contribution < 1.29 is 28.8 Å². The number of carbonyl (C=O) groups is 1. The summed E-state index contributed by atoms with van der Waals surface area (Å²) in [5.41, 5.74) is 0.352. The van der Waals surface area contributed by atoms with Crippen molar-refractivity contribution in [2.75, 3.05) is 27.0 Å². The Morgan fingerprint density at radius 1 is 1.25 bits per heavy atom. The summed E-state index contributed by atoms with van der Waals surface area (Å²) in [6.07, 6.45) is 8.82. The predicted octanol–water partition coefficient (Wildman–Crippen LogP) is 4.48. The second-order valence-corrected chi connectivity index (χ2v) is 11.6. The van der Waals surface area contributed by atoms with Crippen LogP contribution in [0, 0.1) is 5.41 Å². The molecule has 1 aromatic carbocycles. The molecule has 1 N–H and O–H groups in total. The number of carbonyl (C=O) groups excluding carboxylic acids is 1. The van der Waals surface area contributed by atoms with E-state index < -0.39 is 17.7 Å². The minimum Gasteiger partial charge on any atom is -0.497 e. The maximum absolute atomic E-state index is 13.6. The van der Waals surface area contributed by atoms with Gasteiger partial charge in [-0.25, -0.2) is 4.79 Å². The molecule has 7 nitrogen and oxygen atoms in total. The van der Waals surface area contributed by atoms with Crippen LogP contribution in [0.1, 0.15) is 70.4 Å². The number of methoxy groups -OCH3 is 1. The normalized spacial score (nSPS) is 28.7. The summed E-state index contributed by atoms with van der Waals surface area (Å²) in [5.74, 6) is 1.38. The molecule has 0 unspecified atom stereocenters. The maximum Gasteiger partial charge on any atom is 0.339 e. The van der Waals surface area contributed by atoms with Crippen LogP contribution in [0.2, 0.25) is 0 Å². The maximum atomic E-state index is 13.6. The molecular formula is C29H39NO6. The van der Waals surface area contributed by atoms with Gasteiger partial charge in [0.2, 0.25) is 6.79 Å². The number of rotatable bonds is 6. The molecule has 3 heterocycles. The molecule has 4 atom stereocenters. The largest absolute Gasteiger partial charge is 0.497 e. The van der Waals surface area contributed by atoms with Crippen molar-refractivity contribution in [2.24, 2.45) is 5.41 Å². The predicted molar refractivity (Wildman–Crippen MR) is 136 cm³/mol. The van der Waals surface area contributed by atoms with Gasteiger partial charge in [-0.15, -0.1) is 0 Å². The molecule has 1 fully saturated rings. The number of hydrogen-bond donors (Lipinski definition) is 1. The van der Waals surface area contributed by atoms with Crippen molar-refractivity contribution in [2.45, 2.75) is 83.0 Å². The van der Waals surface area contributed by atoms with E-state index in [2.05, 4.69) is 43.9 Å². The summed E-state index contributed by atoms with van der Waals surface area (Å²) >= 11 is 0. The van der Waals surface area contributed by atoms with Gasteiger partial charge in [0.15, 0.2) is 23.2 Å². The lowest BCUT2D eigenvalue weighted by Crippen LogP contribution is -2.49. The highest BCUT2D eigenvalue weighted by Gasteiger charge is 2.58. The third kappa shape index (κ3) is 4.20. The van der Waals surface area contributed by atoms with Crippen LogP contribution in [0.15, 0.2) is 36.1 Å². The number of benzene rings is 1. The Morgan fingerprint density at radius 2 is 2.00 bits per heavy atom. The Bertz CT molecular complexity index is 1090. The van der Waals surface area contributed by atoms with E-state index in [1.54, 1.807) is 7.11 Å². The molecule has 5 rings (SSSR count). The fourth-order valence-electron chi connectivity index (χ4n) is 6.30. The highest BCUT2D eigenvalue weighted by molar-refractivity contribution is 5.80. The van der Waals surface area contributed by atoms with Crippen LogP contribution in [0.25, 0.3) is 0 Å². The SMILES string of the molecule is CC[C@](O)(C/C=C/C(C)(C)C)C(=O)O[C@@H]1C(OC)=C[C@]23CCCN2CCc2cc4c(cc2[C@H]13)OCO4. The van der Waals surface area contributed by atoms with Crippen LogP contribution in [0.5, 0.6) is 11.5 Å². The van der Waals surface area contributed by atoms with Crippen molar-refractivity contribution in [3.8, 4) is 11.5 Å². The number of esters is 1. The Hall–Kier alpha value is -2.51. The molecule has 3 aliphatic heterocycles. The molecule has 0 amide bonds. The monoisotopic (exact) mass is 497 g/mol. The van der Waals surface area contributed by atoms with Crippen molar-refractivity contribution in [3.63, 3.8) is 0 Å². The van der Waals surface area contributed by atoms with Crippen LogP contribution in [0.3, 0.4) is 0 Å². The van der Waals surface area contributed by atoms with Gasteiger partial charge in [0.1, 0.15) is 5.76 Å². The number of hydrogen-bond acceptors (Lipinski definition) is 7. The highest BCUT2D eigenvalue weighted by atomic mass is 16.7. The van der Waals surface area contributed by atoms with Crippen LogP contribution in [-0.2, 0) is 20.7 Å². The second-order valence-electron chi connectivity index (χ2n) is 11.6. The summed E-state index contributed by atoms with van der Waals surface area (Å²) in [7, 11) is 1.63. The first-order valence-electron chi connectivity index (χ1n) is 13.2. The van der Waals surface area contributed by atoms with Crippen molar-refractivity contribution in [1.82, 2.24) is 4.90 Å². The lowest BCUT2D eigenvalue weighted by molar-refractivity contribution is -0.172. The van der Waals surface area contributed by atoms with Gasteiger partial charge in [-0.3, -0.25) is 4.90 Å². The number of aliphatic hydroxyl groups is 1. The van der Waals surface area contributed by atoms with Gasteiger partial charge < -0.3 is 24.1 Å². The van der Waals surface area contributed by atoms with Gasteiger partial charge in [-0.2, -0.15) is 0 Å². The average molecular weight is 498 g/mol. The van der Waals surface area contributed by atoms with Gasteiger partial charge in [0.25, 0.3) is 0 Å². The van der Waals surface area contributed by atoms with E-state index in [0.29, 0.717) is 5.76 Å². The first-order chi connectivity index (χ1) is 17.1. The molecule has 0 radical (unpaired) electrons. The van der Waals surface area contributed by atoms with E-state index in [-0.39, 0.29) is 36.5 Å². The number of allylic oxidation sites excluding steroid dienone is 1. The zero-order valence-electron chi connectivity index (χ0n) is 22.1. The van der Waals surface area contributed by atoms with Crippen molar-refractivity contribution in [3.05, 3.63) is 47.2 Å². The van der Waals surface area contributed by atoms with Crippen LogP contribution in [-0.4, -0.2) is 60.2 Å². The highest BCUT2D eigenvalue weighted by Crippen LogP contribution is 2.55. The third-order valence-electron chi connectivity index (χ3n) is 8.24. The first kappa shape index (κ1) is 25.2. The molecular weight excluding hydrogens is 458 g/mol. The summed E-state index contributed by atoms with van der Waals surface area (Å²) < 4.78 is 23.5. The van der Waals surface area contributed by atoms with E-state index in [9.17, 15) is 9.90 Å². The fourth-order valence-corrected chi connectivity index (χ4v) is 6.30. The molecule has 36 heavy (non-hydrogen) atoms. The molecule has 1 spiro atoms.